The highest BCUT2D eigenvalue weighted by Crippen LogP contribution is 2.44. The average molecular weight is 258 g/mol. The minimum absolute atomic E-state index is 0.0746. The third-order valence-corrected chi connectivity index (χ3v) is 4.67. The molecular formula is C17H22O2. The van der Waals surface area contributed by atoms with Crippen LogP contribution < -0.4 is 0 Å². The van der Waals surface area contributed by atoms with Crippen LogP contribution in [0.1, 0.15) is 43.2 Å². The summed E-state index contributed by atoms with van der Waals surface area (Å²) in [5.41, 5.74) is 2.46. The lowest BCUT2D eigenvalue weighted by atomic mass is 9.71. The lowest BCUT2D eigenvalue weighted by molar-refractivity contribution is -0.155. The summed E-state index contributed by atoms with van der Waals surface area (Å²) in [5.74, 6) is 0.620. The van der Waals surface area contributed by atoms with Crippen molar-refractivity contribution < 1.29 is 9.53 Å². The number of ketones is 1. The molecule has 1 aromatic carbocycles. The van der Waals surface area contributed by atoms with Gasteiger partial charge in [-0.2, -0.15) is 0 Å². The fourth-order valence-electron chi connectivity index (χ4n) is 3.39. The van der Waals surface area contributed by atoms with Crippen LogP contribution in [0.5, 0.6) is 0 Å². The van der Waals surface area contributed by atoms with Gasteiger partial charge in [0.2, 0.25) is 0 Å². The first-order chi connectivity index (χ1) is 9.17. The molecule has 1 aliphatic heterocycles. The molecule has 2 aliphatic rings. The van der Waals surface area contributed by atoms with Crippen molar-refractivity contribution in [1.82, 2.24) is 0 Å². The number of rotatable bonds is 3. The molecule has 1 unspecified atom stereocenters. The zero-order chi connectivity index (χ0) is 13.3. The Labute approximate surface area is 115 Å². The van der Waals surface area contributed by atoms with E-state index >= 15 is 0 Å². The zero-order valence-corrected chi connectivity index (χ0v) is 11.7. The summed E-state index contributed by atoms with van der Waals surface area (Å²) in [5, 5.41) is 0. The molecule has 102 valence electrons. The number of aryl methyl sites for hydroxylation is 1. The monoisotopic (exact) mass is 258 g/mol. The van der Waals surface area contributed by atoms with Gasteiger partial charge in [-0.15, -0.1) is 0 Å². The van der Waals surface area contributed by atoms with Crippen molar-refractivity contribution in [3.8, 4) is 0 Å². The zero-order valence-electron chi connectivity index (χ0n) is 11.7. The van der Waals surface area contributed by atoms with Crippen molar-refractivity contribution in [3.05, 3.63) is 35.4 Å². The molecule has 1 atom stereocenters. The minimum atomic E-state index is 0.0746. The van der Waals surface area contributed by atoms with Gasteiger partial charge in [-0.25, -0.2) is 0 Å². The maximum Gasteiger partial charge on any atom is 0.140 e. The van der Waals surface area contributed by atoms with Crippen LogP contribution in [0.2, 0.25) is 0 Å². The van der Waals surface area contributed by atoms with Crippen LogP contribution in [-0.2, 0) is 16.0 Å². The lowest BCUT2D eigenvalue weighted by Crippen LogP contribution is -2.47. The fourth-order valence-corrected chi connectivity index (χ4v) is 3.39. The molecule has 1 saturated carbocycles. The van der Waals surface area contributed by atoms with Crippen LogP contribution in [0, 0.1) is 12.8 Å². The van der Waals surface area contributed by atoms with Crippen molar-refractivity contribution in [2.75, 3.05) is 6.61 Å². The fraction of sp³-hybridized carbons (Fsp3) is 0.588. The van der Waals surface area contributed by atoms with E-state index in [4.69, 9.17) is 4.74 Å². The summed E-state index contributed by atoms with van der Waals surface area (Å²) in [4.78, 5) is 12.5. The Kier molecular flexibility index (Phi) is 3.44. The van der Waals surface area contributed by atoms with Gasteiger partial charge in [0.1, 0.15) is 5.78 Å². The highest BCUT2D eigenvalue weighted by atomic mass is 16.5. The third kappa shape index (κ3) is 2.74. The van der Waals surface area contributed by atoms with Crippen LogP contribution in [0.15, 0.2) is 24.3 Å². The topological polar surface area (TPSA) is 26.3 Å². The Hall–Kier alpha value is -1.15. The van der Waals surface area contributed by atoms with Gasteiger partial charge in [-0.3, -0.25) is 4.79 Å². The summed E-state index contributed by atoms with van der Waals surface area (Å²) in [6, 6.07) is 8.29. The average Bonchev–Trinajstić information content (AvgIpc) is 2.37. The number of hydrogen-bond donors (Lipinski definition) is 0. The van der Waals surface area contributed by atoms with Crippen LogP contribution in [-0.4, -0.2) is 18.0 Å². The number of carbonyl (C=O) groups excluding carboxylic acids is 1. The van der Waals surface area contributed by atoms with E-state index in [1.54, 1.807) is 0 Å². The summed E-state index contributed by atoms with van der Waals surface area (Å²) >= 11 is 0. The van der Waals surface area contributed by atoms with E-state index in [2.05, 4.69) is 25.1 Å². The molecule has 3 rings (SSSR count). The van der Waals surface area contributed by atoms with E-state index in [0.29, 0.717) is 12.2 Å². The van der Waals surface area contributed by atoms with Crippen LogP contribution >= 0.6 is 0 Å². The van der Waals surface area contributed by atoms with E-state index in [1.807, 2.05) is 6.07 Å². The molecule has 1 heterocycles. The van der Waals surface area contributed by atoms with Gasteiger partial charge in [-0.05, 0) is 44.6 Å². The van der Waals surface area contributed by atoms with Gasteiger partial charge in [0.05, 0.1) is 5.60 Å². The molecule has 2 fully saturated rings. The Morgan fingerprint density at radius 3 is 2.95 bits per heavy atom. The second kappa shape index (κ2) is 5.09. The third-order valence-electron chi connectivity index (χ3n) is 4.67. The molecular weight excluding hydrogens is 236 g/mol. The highest BCUT2D eigenvalue weighted by Gasteiger charge is 2.44. The highest BCUT2D eigenvalue weighted by molar-refractivity contribution is 5.83. The molecule has 0 aromatic heterocycles. The predicted octanol–water partition coefficient (Wildman–Crippen LogP) is 3.46. The first-order valence-electron chi connectivity index (χ1n) is 7.39. The molecule has 19 heavy (non-hydrogen) atoms. The number of Topliss-reactive ketones (excluding diaryl/α,β-unsaturated/α-hetero) is 1. The van der Waals surface area contributed by atoms with Crippen LogP contribution in [0.4, 0.5) is 0 Å². The molecule has 0 radical (unpaired) electrons. The SMILES string of the molecule is Cc1cccc(CC(=O)C2CCOC3(CCC3)C2)c1. The smallest absolute Gasteiger partial charge is 0.140 e. The number of ether oxygens (including phenoxy) is 1. The predicted molar refractivity (Wildman–Crippen MR) is 75.1 cm³/mol. The molecule has 0 bridgehead atoms. The normalized spacial score (nSPS) is 25.0. The Bertz CT molecular complexity index is 474. The van der Waals surface area contributed by atoms with Gasteiger partial charge in [0.15, 0.2) is 0 Å². The number of carbonyl (C=O) groups is 1. The summed E-state index contributed by atoms with van der Waals surface area (Å²) in [7, 11) is 0. The van der Waals surface area contributed by atoms with Gasteiger partial charge >= 0.3 is 0 Å². The molecule has 2 heteroatoms. The first kappa shape index (κ1) is 12.9. The largest absolute Gasteiger partial charge is 0.375 e. The van der Waals surface area contributed by atoms with Crippen LogP contribution in [0.3, 0.4) is 0 Å². The van der Waals surface area contributed by atoms with Crippen molar-refractivity contribution in [2.45, 2.75) is 51.0 Å². The second-order valence-corrected chi connectivity index (χ2v) is 6.21. The number of benzene rings is 1. The van der Waals surface area contributed by atoms with E-state index < -0.39 is 0 Å². The van der Waals surface area contributed by atoms with Crippen LogP contribution in [0.25, 0.3) is 0 Å². The molecule has 1 aromatic rings. The maximum atomic E-state index is 12.5. The molecule has 1 aliphatic carbocycles. The molecule has 2 nitrogen and oxygen atoms in total. The van der Waals surface area contributed by atoms with Gasteiger partial charge in [0.25, 0.3) is 0 Å². The lowest BCUT2D eigenvalue weighted by Gasteiger charge is -2.46. The van der Waals surface area contributed by atoms with E-state index in [9.17, 15) is 4.79 Å². The number of hydrogen-bond acceptors (Lipinski definition) is 2. The van der Waals surface area contributed by atoms with E-state index in [0.717, 1.165) is 37.9 Å². The van der Waals surface area contributed by atoms with Crippen molar-refractivity contribution >= 4 is 5.78 Å². The molecule has 1 saturated heterocycles. The molecule has 1 spiro atoms. The minimum Gasteiger partial charge on any atom is -0.375 e. The van der Waals surface area contributed by atoms with Gasteiger partial charge in [0, 0.05) is 18.9 Å². The summed E-state index contributed by atoms with van der Waals surface area (Å²) in [6.07, 6.45) is 6.02. The summed E-state index contributed by atoms with van der Waals surface area (Å²) in [6.45, 7) is 2.84. The van der Waals surface area contributed by atoms with Crippen molar-refractivity contribution in [3.63, 3.8) is 0 Å². The summed E-state index contributed by atoms with van der Waals surface area (Å²) < 4.78 is 5.90. The quantitative estimate of drug-likeness (QED) is 0.830. The molecule has 0 N–H and O–H groups in total. The van der Waals surface area contributed by atoms with E-state index in [1.165, 1.54) is 12.0 Å². The molecule has 0 amide bonds. The maximum absolute atomic E-state index is 12.5. The standard InChI is InChI=1S/C17H22O2/c1-13-4-2-5-14(10-13)11-16(18)15-6-9-19-17(12-15)7-3-8-17/h2,4-5,10,15H,3,6-9,11-12H2,1H3. The first-order valence-corrected chi connectivity index (χ1v) is 7.39. The second-order valence-electron chi connectivity index (χ2n) is 6.21. The van der Waals surface area contributed by atoms with Crippen molar-refractivity contribution in [1.29, 1.82) is 0 Å². The Balaban J connectivity index is 1.63. The van der Waals surface area contributed by atoms with E-state index in [-0.39, 0.29) is 11.5 Å². The van der Waals surface area contributed by atoms with Gasteiger partial charge in [-0.1, -0.05) is 29.8 Å². The van der Waals surface area contributed by atoms with Crippen molar-refractivity contribution in [2.24, 2.45) is 5.92 Å². The Morgan fingerprint density at radius 1 is 1.42 bits per heavy atom. The Morgan fingerprint density at radius 2 is 2.26 bits per heavy atom. The van der Waals surface area contributed by atoms with Gasteiger partial charge < -0.3 is 4.74 Å².